The van der Waals surface area contributed by atoms with Crippen LogP contribution in [0, 0.1) is 6.92 Å². The average molecular weight is 243 g/mol. The van der Waals surface area contributed by atoms with Gasteiger partial charge in [-0.25, -0.2) is 4.98 Å². The molecule has 0 saturated carbocycles. The monoisotopic (exact) mass is 243 g/mol. The zero-order valence-electron chi connectivity index (χ0n) is 10.5. The number of pyridine rings is 1. The Labute approximate surface area is 106 Å². The number of hydrogen-bond acceptors (Lipinski definition) is 2. The molecule has 2 aromatic heterocycles. The molecule has 0 radical (unpaired) electrons. The van der Waals surface area contributed by atoms with Gasteiger partial charge in [-0.15, -0.1) is 0 Å². The third-order valence-corrected chi connectivity index (χ3v) is 3.60. The smallest absolute Gasteiger partial charge is 0.220 e. The number of carbonyl (C=O) groups excluding carboxylic acids is 1. The summed E-state index contributed by atoms with van der Waals surface area (Å²) in [5.41, 5.74) is 2.35. The van der Waals surface area contributed by atoms with E-state index in [0.29, 0.717) is 12.3 Å². The van der Waals surface area contributed by atoms with Crippen molar-refractivity contribution in [2.24, 2.45) is 0 Å². The zero-order valence-corrected chi connectivity index (χ0v) is 10.5. The maximum Gasteiger partial charge on any atom is 0.220 e. The number of aryl methyl sites for hydroxylation is 1. The fourth-order valence-corrected chi connectivity index (χ4v) is 2.60. The zero-order chi connectivity index (χ0) is 12.5. The molecule has 0 bridgehead atoms. The van der Waals surface area contributed by atoms with Crippen LogP contribution in [0.3, 0.4) is 0 Å². The van der Waals surface area contributed by atoms with Crippen molar-refractivity contribution in [3.05, 3.63) is 35.9 Å². The highest BCUT2D eigenvalue weighted by molar-refractivity contribution is 5.76. The molecule has 0 aromatic carbocycles. The molecule has 0 aliphatic carbocycles. The summed E-state index contributed by atoms with van der Waals surface area (Å²) in [6.07, 6.45) is 6.50. The van der Waals surface area contributed by atoms with E-state index in [2.05, 4.69) is 40.0 Å². The summed E-state index contributed by atoms with van der Waals surface area (Å²) in [6.45, 7) is 2.84. The lowest BCUT2D eigenvalue weighted by atomic mass is 10.00. The van der Waals surface area contributed by atoms with Crippen molar-refractivity contribution in [3.63, 3.8) is 0 Å². The van der Waals surface area contributed by atoms with Crippen molar-refractivity contribution in [2.75, 3.05) is 6.54 Å². The number of carbonyl (C=O) groups is 1. The molecule has 1 unspecified atom stereocenters. The lowest BCUT2D eigenvalue weighted by Crippen LogP contribution is -2.21. The molecule has 94 valence electrons. The lowest BCUT2D eigenvalue weighted by molar-refractivity contribution is -0.120. The molecule has 3 heterocycles. The first-order chi connectivity index (χ1) is 8.74. The van der Waals surface area contributed by atoms with E-state index < -0.39 is 0 Å². The average Bonchev–Trinajstić information content (AvgIpc) is 2.64. The number of amides is 1. The van der Waals surface area contributed by atoms with Crippen molar-refractivity contribution in [2.45, 2.75) is 32.1 Å². The van der Waals surface area contributed by atoms with Crippen molar-refractivity contribution in [1.29, 1.82) is 0 Å². The van der Waals surface area contributed by atoms with Gasteiger partial charge in [-0.05, 0) is 31.4 Å². The third-order valence-electron chi connectivity index (χ3n) is 3.60. The fraction of sp³-hybridized carbons (Fsp3) is 0.429. The normalized spacial score (nSPS) is 20.7. The van der Waals surface area contributed by atoms with E-state index in [4.69, 9.17) is 0 Å². The molecule has 4 nitrogen and oxygen atoms in total. The van der Waals surface area contributed by atoms with Crippen LogP contribution in [0.1, 0.15) is 36.6 Å². The van der Waals surface area contributed by atoms with Gasteiger partial charge in [0.15, 0.2) is 0 Å². The van der Waals surface area contributed by atoms with Gasteiger partial charge in [-0.1, -0.05) is 6.07 Å². The van der Waals surface area contributed by atoms with E-state index in [1.165, 1.54) is 5.56 Å². The van der Waals surface area contributed by atoms with Crippen molar-refractivity contribution in [1.82, 2.24) is 14.7 Å². The minimum absolute atomic E-state index is 0.162. The van der Waals surface area contributed by atoms with Crippen LogP contribution in [0.25, 0.3) is 5.52 Å². The molecular formula is C14H17N3O. The highest BCUT2D eigenvalue weighted by Gasteiger charge is 2.21. The van der Waals surface area contributed by atoms with E-state index in [9.17, 15) is 4.79 Å². The topological polar surface area (TPSA) is 46.4 Å². The Morgan fingerprint density at radius 1 is 1.39 bits per heavy atom. The molecule has 1 saturated heterocycles. The molecule has 1 fully saturated rings. The van der Waals surface area contributed by atoms with Gasteiger partial charge in [0.1, 0.15) is 5.82 Å². The summed E-state index contributed by atoms with van der Waals surface area (Å²) in [7, 11) is 0. The molecule has 1 aliphatic rings. The molecule has 1 aliphatic heterocycles. The number of rotatable bonds is 1. The van der Waals surface area contributed by atoms with Crippen LogP contribution in [0.2, 0.25) is 0 Å². The van der Waals surface area contributed by atoms with Crippen LogP contribution in [-0.2, 0) is 4.79 Å². The second-order valence-electron chi connectivity index (χ2n) is 4.99. The van der Waals surface area contributed by atoms with E-state index in [0.717, 1.165) is 30.7 Å². The summed E-state index contributed by atoms with van der Waals surface area (Å²) in [4.78, 5) is 15.9. The van der Waals surface area contributed by atoms with Crippen molar-refractivity contribution in [3.8, 4) is 0 Å². The molecule has 0 spiro atoms. The Morgan fingerprint density at radius 3 is 3.17 bits per heavy atom. The number of nitrogens with one attached hydrogen (secondary N) is 1. The summed E-state index contributed by atoms with van der Waals surface area (Å²) in [5.74, 6) is 1.62. The van der Waals surface area contributed by atoms with E-state index in [-0.39, 0.29) is 5.91 Å². The van der Waals surface area contributed by atoms with Crippen molar-refractivity contribution >= 4 is 11.4 Å². The number of imidazole rings is 1. The van der Waals surface area contributed by atoms with E-state index in [1.807, 2.05) is 6.20 Å². The van der Waals surface area contributed by atoms with Gasteiger partial charge in [0.2, 0.25) is 5.91 Å². The second kappa shape index (κ2) is 4.44. The summed E-state index contributed by atoms with van der Waals surface area (Å²) >= 11 is 0. The van der Waals surface area contributed by atoms with Gasteiger partial charge in [-0.2, -0.15) is 0 Å². The van der Waals surface area contributed by atoms with Crippen LogP contribution < -0.4 is 5.32 Å². The van der Waals surface area contributed by atoms with Crippen LogP contribution in [0.5, 0.6) is 0 Å². The number of hydrogen-bond donors (Lipinski definition) is 1. The number of nitrogens with zero attached hydrogens (tertiary/aromatic N) is 2. The maximum absolute atomic E-state index is 11.4. The van der Waals surface area contributed by atoms with Crippen molar-refractivity contribution < 1.29 is 4.79 Å². The van der Waals surface area contributed by atoms with Gasteiger partial charge >= 0.3 is 0 Å². The molecule has 4 heteroatoms. The molecule has 3 rings (SSSR count). The molecule has 1 N–H and O–H groups in total. The number of fused-ring (bicyclic) bond motifs is 1. The molecule has 1 amide bonds. The van der Waals surface area contributed by atoms with Gasteiger partial charge in [0.25, 0.3) is 0 Å². The van der Waals surface area contributed by atoms with Crippen LogP contribution >= 0.6 is 0 Å². The van der Waals surface area contributed by atoms with E-state index in [1.54, 1.807) is 0 Å². The lowest BCUT2D eigenvalue weighted by Gasteiger charge is -2.12. The summed E-state index contributed by atoms with van der Waals surface area (Å²) < 4.78 is 2.16. The Hall–Kier alpha value is -1.84. The van der Waals surface area contributed by atoms with Crippen LogP contribution in [0.4, 0.5) is 0 Å². The van der Waals surface area contributed by atoms with Gasteiger partial charge in [0.05, 0.1) is 11.7 Å². The predicted molar refractivity (Wildman–Crippen MR) is 69.5 cm³/mol. The first-order valence-electron chi connectivity index (χ1n) is 6.44. The predicted octanol–water partition coefficient (Wildman–Crippen LogP) is 2.03. The molecule has 1 atom stereocenters. The Kier molecular flexibility index (Phi) is 2.78. The van der Waals surface area contributed by atoms with E-state index >= 15 is 0 Å². The maximum atomic E-state index is 11.4. The molecular weight excluding hydrogens is 226 g/mol. The second-order valence-corrected chi connectivity index (χ2v) is 4.99. The largest absolute Gasteiger partial charge is 0.356 e. The number of aromatic nitrogens is 2. The van der Waals surface area contributed by atoms with Crippen LogP contribution in [0.15, 0.2) is 24.5 Å². The van der Waals surface area contributed by atoms with Gasteiger partial charge in [-0.3, -0.25) is 4.79 Å². The SMILES string of the molecule is Cc1ccc2cnc(C3CCNC(=O)CC3)n2c1. The first-order valence-corrected chi connectivity index (χ1v) is 6.44. The highest BCUT2D eigenvalue weighted by atomic mass is 16.1. The summed E-state index contributed by atoms with van der Waals surface area (Å²) in [6, 6.07) is 4.19. The minimum Gasteiger partial charge on any atom is -0.356 e. The Bertz CT molecular complexity index is 588. The van der Waals surface area contributed by atoms with Gasteiger partial charge in [0, 0.05) is 25.1 Å². The third kappa shape index (κ3) is 1.98. The molecule has 18 heavy (non-hydrogen) atoms. The van der Waals surface area contributed by atoms with Gasteiger partial charge < -0.3 is 9.72 Å². The quantitative estimate of drug-likeness (QED) is 0.833. The Balaban J connectivity index is 1.98. The Morgan fingerprint density at radius 2 is 2.28 bits per heavy atom. The standard InChI is InChI=1S/C14H17N3O/c1-10-2-4-12-8-16-14(17(12)9-10)11-3-5-13(18)15-7-6-11/h2,4,8-9,11H,3,5-7H2,1H3,(H,15,18). The summed E-state index contributed by atoms with van der Waals surface area (Å²) in [5, 5.41) is 2.92. The minimum atomic E-state index is 0.162. The first kappa shape index (κ1) is 11.3. The molecule has 2 aromatic rings. The van der Waals surface area contributed by atoms with Crippen LogP contribution in [-0.4, -0.2) is 21.8 Å². The highest BCUT2D eigenvalue weighted by Crippen LogP contribution is 2.26. The fourth-order valence-electron chi connectivity index (χ4n) is 2.60.